The maximum Gasteiger partial charge on any atom is 0.324 e. The highest BCUT2D eigenvalue weighted by Crippen LogP contribution is 2.20. The highest BCUT2D eigenvalue weighted by molar-refractivity contribution is 5.76. The number of hydrogen-bond acceptors (Lipinski definition) is 5. The summed E-state index contributed by atoms with van der Waals surface area (Å²) in [5, 5.41) is 3.37. The number of esters is 1. The molecule has 0 amide bonds. The van der Waals surface area contributed by atoms with Crippen LogP contribution in [0.2, 0.25) is 0 Å². The molecule has 18 heavy (non-hydrogen) atoms. The van der Waals surface area contributed by atoms with E-state index < -0.39 is 0 Å². The highest BCUT2D eigenvalue weighted by Gasteiger charge is 2.33. The zero-order valence-corrected chi connectivity index (χ0v) is 11.5. The Morgan fingerprint density at radius 2 is 2.22 bits per heavy atom. The van der Waals surface area contributed by atoms with Crippen molar-refractivity contribution in [2.24, 2.45) is 0 Å². The Morgan fingerprint density at radius 3 is 2.83 bits per heavy atom. The van der Waals surface area contributed by atoms with Gasteiger partial charge in [-0.2, -0.15) is 0 Å². The van der Waals surface area contributed by atoms with Gasteiger partial charge in [-0.1, -0.05) is 0 Å². The molecule has 0 spiro atoms. The van der Waals surface area contributed by atoms with Crippen LogP contribution in [0.5, 0.6) is 0 Å². The SMILES string of the molecule is COC(=O)C(CN1CC(C)OCC1C)NC1CC1. The summed E-state index contributed by atoms with van der Waals surface area (Å²) in [6, 6.07) is 0.646. The minimum Gasteiger partial charge on any atom is -0.468 e. The number of nitrogens with zero attached hydrogens (tertiary/aromatic N) is 1. The second-order valence-electron chi connectivity index (χ2n) is 5.46. The van der Waals surface area contributed by atoms with E-state index in [1.54, 1.807) is 0 Å². The lowest BCUT2D eigenvalue weighted by Crippen LogP contribution is -2.54. The summed E-state index contributed by atoms with van der Waals surface area (Å²) in [6.45, 7) is 6.52. The van der Waals surface area contributed by atoms with Crippen molar-refractivity contribution in [1.29, 1.82) is 0 Å². The van der Waals surface area contributed by atoms with Crippen LogP contribution < -0.4 is 5.32 Å². The minimum atomic E-state index is -0.213. The summed E-state index contributed by atoms with van der Waals surface area (Å²) in [4.78, 5) is 14.1. The molecule has 1 saturated carbocycles. The normalized spacial score (nSPS) is 31.1. The summed E-state index contributed by atoms with van der Waals surface area (Å²) in [7, 11) is 1.45. The van der Waals surface area contributed by atoms with Crippen LogP contribution >= 0.6 is 0 Å². The minimum absolute atomic E-state index is 0.159. The van der Waals surface area contributed by atoms with Crippen molar-refractivity contribution in [3.8, 4) is 0 Å². The van der Waals surface area contributed by atoms with Gasteiger partial charge in [0.15, 0.2) is 0 Å². The molecule has 1 aliphatic carbocycles. The van der Waals surface area contributed by atoms with Gasteiger partial charge in [0, 0.05) is 25.2 Å². The number of hydrogen-bond donors (Lipinski definition) is 1. The Balaban J connectivity index is 1.91. The molecular weight excluding hydrogens is 232 g/mol. The van der Waals surface area contributed by atoms with E-state index >= 15 is 0 Å². The fourth-order valence-electron chi connectivity index (χ4n) is 2.33. The largest absolute Gasteiger partial charge is 0.468 e. The lowest BCUT2D eigenvalue weighted by Gasteiger charge is -2.38. The first-order valence-electron chi connectivity index (χ1n) is 6.79. The van der Waals surface area contributed by atoms with Crippen molar-refractivity contribution < 1.29 is 14.3 Å². The van der Waals surface area contributed by atoms with Crippen molar-refractivity contribution >= 4 is 5.97 Å². The third-order valence-electron chi connectivity index (χ3n) is 3.65. The van der Waals surface area contributed by atoms with Crippen LogP contribution in [-0.4, -0.2) is 61.9 Å². The van der Waals surface area contributed by atoms with Gasteiger partial charge in [0.1, 0.15) is 6.04 Å². The van der Waals surface area contributed by atoms with E-state index in [4.69, 9.17) is 9.47 Å². The van der Waals surface area contributed by atoms with Crippen LogP contribution in [0.25, 0.3) is 0 Å². The van der Waals surface area contributed by atoms with Gasteiger partial charge in [0.25, 0.3) is 0 Å². The Bertz CT molecular complexity index is 294. The molecule has 2 aliphatic rings. The lowest BCUT2D eigenvalue weighted by molar-refractivity contribution is -0.144. The molecular formula is C13H24N2O3. The smallest absolute Gasteiger partial charge is 0.324 e. The van der Waals surface area contributed by atoms with Gasteiger partial charge in [0.05, 0.1) is 19.8 Å². The molecule has 2 rings (SSSR count). The number of morpholine rings is 1. The fourth-order valence-corrected chi connectivity index (χ4v) is 2.33. The molecule has 1 saturated heterocycles. The Labute approximate surface area is 109 Å². The number of rotatable bonds is 5. The number of carbonyl (C=O) groups is 1. The molecule has 104 valence electrons. The van der Waals surface area contributed by atoms with Crippen LogP contribution in [0.4, 0.5) is 0 Å². The molecule has 2 fully saturated rings. The van der Waals surface area contributed by atoms with Crippen LogP contribution in [-0.2, 0) is 14.3 Å². The third kappa shape index (κ3) is 3.67. The monoisotopic (exact) mass is 256 g/mol. The van der Waals surface area contributed by atoms with Gasteiger partial charge in [-0.3, -0.25) is 9.69 Å². The quantitative estimate of drug-likeness (QED) is 0.721. The van der Waals surface area contributed by atoms with E-state index in [0.29, 0.717) is 18.6 Å². The molecule has 1 aliphatic heterocycles. The molecule has 3 atom stereocenters. The van der Waals surface area contributed by atoms with Crippen LogP contribution in [0.15, 0.2) is 0 Å². The molecule has 1 heterocycles. The van der Waals surface area contributed by atoms with E-state index in [0.717, 1.165) is 13.2 Å². The first-order valence-corrected chi connectivity index (χ1v) is 6.79. The van der Waals surface area contributed by atoms with Crippen molar-refractivity contribution in [3.05, 3.63) is 0 Å². The number of ether oxygens (including phenoxy) is 2. The highest BCUT2D eigenvalue weighted by atomic mass is 16.5. The third-order valence-corrected chi connectivity index (χ3v) is 3.65. The van der Waals surface area contributed by atoms with Crippen molar-refractivity contribution in [2.45, 2.75) is 50.9 Å². The standard InChI is InChI=1S/C13H24N2O3/c1-9-8-18-10(2)6-15(9)7-12(13(16)17-3)14-11-4-5-11/h9-12,14H,4-8H2,1-3H3. The second-order valence-corrected chi connectivity index (χ2v) is 5.46. The number of methoxy groups -OCH3 is 1. The molecule has 0 radical (unpaired) electrons. The number of carbonyl (C=O) groups excluding carboxylic acids is 1. The van der Waals surface area contributed by atoms with Gasteiger partial charge in [-0.05, 0) is 26.7 Å². The zero-order valence-electron chi connectivity index (χ0n) is 11.5. The fraction of sp³-hybridized carbons (Fsp3) is 0.923. The van der Waals surface area contributed by atoms with Crippen LogP contribution in [0, 0.1) is 0 Å². The van der Waals surface area contributed by atoms with Crippen molar-refractivity contribution in [3.63, 3.8) is 0 Å². The Hall–Kier alpha value is -0.650. The van der Waals surface area contributed by atoms with Gasteiger partial charge in [0.2, 0.25) is 0 Å². The molecule has 1 N–H and O–H groups in total. The van der Waals surface area contributed by atoms with E-state index in [1.165, 1.54) is 20.0 Å². The zero-order chi connectivity index (χ0) is 13.1. The van der Waals surface area contributed by atoms with Crippen LogP contribution in [0.1, 0.15) is 26.7 Å². The maximum atomic E-state index is 11.8. The predicted molar refractivity (Wildman–Crippen MR) is 68.4 cm³/mol. The topological polar surface area (TPSA) is 50.8 Å². The van der Waals surface area contributed by atoms with E-state index in [-0.39, 0.29) is 18.1 Å². The molecule has 5 heteroatoms. The first kappa shape index (κ1) is 13.8. The summed E-state index contributed by atoms with van der Waals surface area (Å²) in [6.07, 6.45) is 2.57. The van der Waals surface area contributed by atoms with E-state index in [9.17, 15) is 4.79 Å². The van der Waals surface area contributed by atoms with Gasteiger partial charge in [-0.15, -0.1) is 0 Å². The molecule has 0 aromatic heterocycles. The number of nitrogens with one attached hydrogen (secondary N) is 1. The second kappa shape index (κ2) is 5.99. The van der Waals surface area contributed by atoms with E-state index in [2.05, 4.69) is 24.1 Å². The molecule has 3 unspecified atom stereocenters. The molecule has 0 aromatic carbocycles. The van der Waals surface area contributed by atoms with E-state index in [1.807, 2.05) is 0 Å². The van der Waals surface area contributed by atoms with Gasteiger partial charge in [-0.25, -0.2) is 0 Å². The maximum absolute atomic E-state index is 11.8. The van der Waals surface area contributed by atoms with Gasteiger partial charge >= 0.3 is 5.97 Å². The summed E-state index contributed by atoms with van der Waals surface area (Å²) < 4.78 is 10.5. The lowest BCUT2D eigenvalue weighted by atomic mass is 10.1. The van der Waals surface area contributed by atoms with Gasteiger partial charge < -0.3 is 14.8 Å². The van der Waals surface area contributed by atoms with Crippen molar-refractivity contribution in [1.82, 2.24) is 10.2 Å². The molecule has 5 nitrogen and oxygen atoms in total. The average molecular weight is 256 g/mol. The van der Waals surface area contributed by atoms with Crippen LogP contribution in [0.3, 0.4) is 0 Å². The summed E-state index contributed by atoms with van der Waals surface area (Å²) in [5.41, 5.74) is 0. The molecule has 0 bridgehead atoms. The van der Waals surface area contributed by atoms with Crippen molar-refractivity contribution in [2.75, 3.05) is 26.8 Å². The average Bonchev–Trinajstić information content (AvgIpc) is 3.16. The predicted octanol–water partition coefficient (Wildman–Crippen LogP) is 0.389. The first-order chi connectivity index (χ1) is 8.60. The molecule has 0 aromatic rings. The Kier molecular flexibility index (Phi) is 4.59. The summed E-state index contributed by atoms with van der Waals surface area (Å²) >= 11 is 0. The summed E-state index contributed by atoms with van der Waals surface area (Å²) in [5.74, 6) is -0.159. The Morgan fingerprint density at radius 1 is 1.50 bits per heavy atom.